The zero-order valence-electron chi connectivity index (χ0n) is 14.0. The van der Waals surface area contributed by atoms with Gasteiger partial charge in [-0.3, -0.25) is 0 Å². The van der Waals surface area contributed by atoms with Crippen molar-refractivity contribution in [3.8, 4) is 0 Å². The molecule has 0 spiro atoms. The molecule has 1 aliphatic rings. The number of sulfone groups is 1. The van der Waals surface area contributed by atoms with Crippen LogP contribution in [-0.2, 0) is 19.3 Å². The highest BCUT2D eigenvalue weighted by molar-refractivity contribution is 7.91. The Bertz CT molecular complexity index is 612. The van der Waals surface area contributed by atoms with Crippen molar-refractivity contribution in [2.24, 2.45) is 5.41 Å². The van der Waals surface area contributed by atoms with Crippen molar-refractivity contribution in [1.82, 2.24) is 0 Å². The van der Waals surface area contributed by atoms with E-state index in [2.05, 4.69) is 6.08 Å². The summed E-state index contributed by atoms with van der Waals surface area (Å²) in [5.74, 6) is 0.0804. The third-order valence-corrected chi connectivity index (χ3v) is 5.87. The van der Waals surface area contributed by atoms with Gasteiger partial charge in [-0.25, -0.2) is 8.42 Å². The molecule has 5 heteroatoms. The molecule has 0 fully saturated rings. The van der Waals surface area contributed by atoms with Crippen molar-refractivity contribution in [3.05, 3.63) is 42.0 Å². The molecule has 1 aromatic rings. The second-order valence-corrected chi connectivity index (χ2v) is 8.08. The maximum Gasteiger partial charge on any atom is 0.182 e. The predicted molar refractivity (Wildman–Crippen MR) is 91.2 cm³/mol. The monoisotopic (exact) mass is 338 g/mol. The first-order chi connectivity index (χ1) is 11.0. The summed E-state index contributed by atoms with van der Waals surface area (Å²) in [6, 6.07) is 8.63. The maximum absolute atomic E-state index is 12.5. The largest absolute Gasteiger partial charge is 0.381 e. The molecule has 0 N–H and O–H groups in total. The van der Waals surface area contributed by atoms with Crippen LogP contribution in [0.2, 0.25) is 0 Å². The first-order valence-corrected chi connectivity index (χ1v) is 9.78. The van der Waals surface area contributed by atoms with Crippen LogP contribution in [0.4, 0.5) is 0 Å². The van der Waals surface area contributed by atoms with Gasteiger partial charge in [0.25, 0.3) is 0 Å². The Morgan fingerprint density at radius 3 is 2.22 bits per heavy atom. The minimum atomic E-state index is -3.28. The van der Waals surface area contributed by atoms with Crippen LogP contribution in [0.25, 0.3) is 0 Å². The lowest BCUT2D eigenvalue weighted by molar-refractivity contribution is -0.0105. The second kappa shape index (κ2) is 8.08. The molecule has 0 saturated heterocycles. The van der Waals surface area contributed by atoms with Gasteiger partial charge in [-0.15, -0.1) is 0 Å². The SMILES string of the molecule is CCOCC1(COCC)CC=C(CS(=O)(=O)c2ccccc2)C1. The van der Waals surface area contributed by atoms with Crippen LogP contribution in [0, 0.1) is 5.41 Å². The van der Waals surface area contributed by atoms with E-state index in [0.717, 1.165) is 18.4 Å². The molecule has 0 bridgehead atoms. The molecule has 1 aromatic carbocycles. The molecule has 128 valence electrons. The van der Waals surface area contributed by atoms with Gasteiger partial charge in [-0.05, 0) is 38.8 Å². The molecule has 0 heterocycles. The lowest BCUT2D eigenvalue weighted by Gasteiger charge is -2.29. The van der Waals surface area contributed by atoms with E-state index in [-0.39, 0.29) is 11.2 Å². The fraction of sp³-hybridized carbons (Fsp3) is 0.556. The third-order valence-electron chi connectivity index (χ3n) is 4.13. The summed E-state index contributed by atoms with van der Waals surface area (Å²) in [5.41, 5.74) is 0.848. The minimum Gasteiger partial charge on any atom is -0.381 e. The highest BCUT2D eigenvalue weighted by Crippen LogP contribution is 2.39. The summed E-state index contributed by atoms with van der Waals surface area (Å²) in [6.45, 7) is 6.47. The molecule has 23 heavy (non-hydrogen) atoms. The Kier molecular flexibility index (Phi) is 6.39. The second-order valence-electron chi connectivity index (χ2n) is 6.09. The molecule has 0 aromatic heterocycles. The fourth-order valence-corrected chi connectivity index (χ4v) is 4.40. The molecule has 0 unspecified atom stereocenters. The van der Waals surface area contributed by atoms with E-state index in [0.29, 0.717) is 31.3 Å². The van der Waals surface area contributed by atoms with Crippen molar-refractivity contribution in [1.29, 1.82) is 0 Å². The summed E-state index contributed by atoms with van der Waals surface area (Å²) in [6.07, 6.45) is 3.59. The standard InChI is InChI=1S/C18H26O4S/c1-3-21-14-18(15-22-4-2)11-10-16(12-18)13-23(19,20)17-8-6-5-7-9-17/h5-10H,3-4,11-15H2,1-2H3. The van der Waals surface area contributed by atoms with E-state index in [1.165, 1.54) is 0 Å². The molecular formula is C18H26O4S. The number of ether oxygens (including phenoxy) is 2. The van der Waals surface area contributed by atoms with Gasteiger partial charge in [-0.1, -0.05) is 29.8 Å². The Morgan fingerprint density at radius 2 is 1.65 bits per heavy atom. The van der Waals surface area contributed by atoms with E-state index in [4.69, 9.17) is 9.47 Å². The zero-order valence-corrected chi connectivity index (χ0v) is 14.8. The van der Waals surface area contributed by atoms with Gasteiger partial charge in [0.2, 0.25) is 0 Å². The predicted octanol–water partition coefficient (Wildman–Crippen LogP) is 3.24. The maximum atomic E-state index is 12.5. The lowest BCUT2D eigenvalue weighted by atomic mass is 9.86. The van der Waals surface area contributed by atoms with Crippen molar-refractivity contribution in [3.63, 3.8) is 0 Å². The van der Waals surface area contributed by atoms with Gasteiger partial charge >= 0.3 is 0 Å². The topological polar surface area (TPSA) is 52.6 Å². The zero-order chi connectivity index (χ0) is 16.8. The summed E-state index contributed by atoms with van der Waals surface area (Å²) in [5, 5.41) is 0. The highest BCUT2D eigenvalue weighted by atomic mass is 32.2. The van der Waals surface area contributed by atoms with Crippen molar-refractivity contribution < 1.29 is 17.9 Å². The van der Waals surface area contributed by atoms with Crippen molar-refractivity contribution >= 4 is 9.84 Å². The smallest absolute Gasteiger partial charge is 0.182 e. The van der Waals surface area contributed by atoms with Gasteiger partial charge in [0.15, 0.2) is 9.84 Å². The van der Waals surface area contributed by atoms with Gasteiger partial charge in [0.05, 0.1) is 23.9 Å². The van der Waals surface area contributed by atoms with Crippen molar-refractivity contribution in [2.75, 3.05) is 32.2 Å². The first-order valence-electron chi connectivity index (χ1n) is 8.12. The van der Waals surface area contributed by atoms with Crippen LogP contribution in [0.15, 0.2) is 46.9 Å². The number of hydrogen-bond donors (Lipinski definition) is 0. The molecule has 0 atom stereocenters. The Morgan fingerprint density at radius 1 is 1.04 bits per heavy atom. The van der Waals surface area contributed by atoms with Gasteiger partial charge in [-0.2, -0.15) is 0 Å². The molecule has 0 radical (unpaired) electrons. The molecule has 2 rings (SSSR count). The van der Waals surface area contributed by atoms with Crippen LogP contribution in [0.1, 0.15) is 26.7 Å². The van der Waals surface area contributed by atoms with Crippen LogP contribution in [0.5, 0.6) is 0 Å². The van der Waals surface area contributed by atoms with E-state index in [9.17, 15) is 8.42 Å². The third kappa shape index (κ3) is 4.90. The quantitative estimate of drug-likeness (QED) is 0.649. The summed E-state index contributed by atoms with van der Waals surface area (Å²) < 4.78 is 36.3. The Labute approximate surface area is 139 Å². The van der Waals surface area contributed by atoms with E-state index in [1.54, 1.807) is 24.3 Å². The molecular weight excluding hydrogens is 312 g/mol. The molecule has 0 amide bonds. The Balaban J connectivity index is 2.05. The van der Waals surface area contributed by atoms with Crippen molar-refractivity contribution in [2.45, 2.75) is 31.6 Å². The number of hydrogen-bond acceptors (Lipinski definition) is 4. The summed E-state index contributed by atoms with van der Waals surface area (Å²) >= 11 is 0. The van der Waals surface area contributed by atoms with E-state index in [1.807, 2.05) is 19.9 Å². The van der Waals surface area contributed by atoms with Crippen LogP contribution < -0.4 is 0 Å². The van der Waals surface area contributed by atoms with Crippen LogP contribution in [-0.4, -0.2) is 40.6 Å². The van der Waals surface area contributed by atoms with Gasteiger partial charge < -0.3 is 9.47 Å². The average molecular weight is 338 g/mol. The number of rotatable bonds is 9. The van der Waals surface area contributed by atoms with Crippen LogP contribution >= 0.6 is 0 Å². The average Bonchev–Trinajstić information content (AvgIpc) is 2.94. The molecule has 1 aliphatic carbocycles. The van der Waals surface area contributed by atoms with E-state index >= 15 is 0 Å². The molecule has 0 saturated carbocycles. The normalized spacial score (nSPS) is 17.2. The van der Waals surface area contributed by atoms with Crippen LogP contribution in [0.3, 0.4) is 0 Å². The lowest BCUT2D eigenvalue weighted by Crippen LogP contribution is -2.30. The first kappa shape index (κ1) is 18.2. The minimum absolute atomic E-state index is 0.0804. The summed E-state index contributed by atoms with van der Waals surface area (Å²) in [4.78, 5) is 0.382. The summed E-state index contributed by atoms with van der Waals surface area (Å²) in [7, 11) is -3.28. The molecule has 0 aliphatic heterocycles. The van der Waals surface area contributed by atoms with Gasteiger partial charge in [0.1, 0.15) is 0 Å². The molecule has 4 nitrogen and oxygen atoms in total. The van der Waals surface area contributed by atoms with Gasteiger partial charge in [0, 0.05) is 18.6 Å². The highest BCUT2D eigenvalue weighted by Gasteiger charge is 2.36. The number of benzene rings is 1. The Hall–Kier alpha value is -1.17. The number of allylic oxidation sites excluding steroid dienone is 1. The van der Waals surface area contributed by atoms with E-state index < -0.39 is 9.84 Å². The fourth-order valence-electron chi connectivity index (χ4n) is 2.95.